The minimum absolute atomic E-state index is 0.150. The number of amides is 2. The van der Waals surface area contributed by atoms with Crippen LogP contribution in [0.4, 0.5) is 4.79 Å². The smallest absolute Gasteiger partial charge is 0.337 e. The summed E-state index contributed by atoms with van der Waals surface area (Å²) in [4.78, 5) is 24.6. The number of aliphatic hydroxyl groups is 1. The summed E-state index contributed by atoms with van der Waals surface area (Å²) in [5, 5.41) is 21.1. The van der Waals surface area contributed by atoms with Gasteiger partial charge in [0, 0.05) is 21.3 Å². The van der Waals surface area contributed by atoms with E-state index >= 15 is 0 Å². The first-order chi connectivity index (χ1) is 22.0. The van der Waals surface area contributed by atoms with Gasteiger partial charge < -0.3 is 34.7 Å². The fraction of sp³-hybridized carbons (Fsp3) is 0.258. The molecule has 1 heterocycles. The number of methoxy groups -OCH3 is 1. The molecule has 0 unspecified atom stereocenters. The van der Waals surface area contributed by atoms with Crippen molar-refractivity contribution in [1.29, 1.82) is 0 Å². The number of rotatable bonds is 13. The largest absolute Gasteiger partial charge is 0.490 e. The van der Waals surface area contributed by atoms with Crippen LogP contribution in [0.5, 0.6) is 17.2 Å². The molecule has 11 nitrogen and oxygen atoms in total. The van der Waals surface area contributed by atoms with Crippen LogP contribution in [0.1, 0.15) is 36.6 Å². The lowest BCUT2D eigenvalue weighted by molar-refractivity contribution is -0.136. The molecule has 0 fully saturated rings. The molecule has 244 valence electrons. The highest BCUT2D eigenvalue weighted by atomic mass is 127. The third kappa shape index (κ3) is 9.30. The van der Waals surface area contributed by atoms with E-state index in [2.05, 4.69) is 66.3 Å². The summed E-state index contributed by atoms with van der Waals surface area (Å²) in [5.74, 6) is 0.874. The second-order valence-electron chi connectivity index (χ2n) is 9.75. The maximum atomic E-state index is 12.5. The number of nitrogens with zero attached hydrogens (tertiary/aromatic N) is 1. The lowest BCUT2D eigenvalue weighted by Crippen LogP contribution is -2.45. The van der Waals surface area contributed by atoms with Gasteiger partial charge in [0.25, 0.3) is 0 Å². The Balaban J connectivity index is 1.37. The normalized spacial score (nSPS) is 15.2. The van der Waals surface area contributed by atoms with Crippen molar-refractivity contribution in [2.45, 2.75) is 32.7 Å². The lowest BCUT2D eigenvalue weighted by atomic mass is 9.95. The molecule has 0 saturated carbocycles. The molecule has 2 amide bonds. The van der Waals surface area contributed by atoms with Gasteiger partial charge in [-0.1, -0.05) is 35.3 Å². The van der Waals surface area contributed by atoms with Crippen molar-refractivity contribution in [3.63, 3.8) is 0 Å². The van der Waals surface area contributed by atoms with Crippen LogP contribution in [0.25, 0.3) is 0 Å². The van der Waals surface area contributed by atoms with E-state index in [0.717, 1.165) is 24.0 Å². The van der Waals surface area contributed by atoms with Crippen molar-refractivity contribution in [3.8, 4) is 17.2 Å². The first-order valence-electron chi connectivity index (χ1n) is 13.8. The Labute approximate surface area is 303 Å². The standard InChI is InChI=1S/C31H30Cl2I2N4O7/c1-4-44-25-11-18(28-27(30(41)43-3)16(2)37-31(42)38-28)6-8-24(25)45-15-26(40)39-36-13-17-9-22(34)29(23(35)10-17)46-14-19-5-7-20(32)12-21(19)33/h5-13,26,28,39-40H,4,14-15H2,1-3H3,(H2,37,38,42)/b36-13-/t26-,28-/m0/s1. The van der Waals surface area contributed by atoms with Crippen LogP contribution in [0.15, 0.2) is 64.9 Å². The Morgan fingerprint density at radius 3 is 2.50 bits per heavy atom. The molecule has 4 N–H and O–H groups in total. The number of aliphatic hydroxyl groups excluding tert-OH is 1. The summed E-state index contributed by atoms with van der Waals surface area (Å²) < 4.78 is 24.3. The van der Waals surface area contributed by atoms with Gasteiger partial charge >= 0.3 is 12.0 Å². The van der Waals surface area contributed by atoms with Crippen LogP contribution in [0.2, 0.25) is 10.0 Å². The molecule has 0 spiro atoms. The van der Waals surface area contributed by atoms with Crippen molar-refractivity contribution in [3.05, 3.63) is 93.7 Å². The van der Waals surface area contributed by atoms with Crippen molar-refractivity contribution < 1.29 is 33.6 Å². The number of nitrogens with one attached hydrogen (secondary N) is 3. The highest BCUT2D eigenvalue weighted by Gasteiger charge is 2.32. The lowest BCUT2D eigenvalue weighted by Gasteiger charge is -2.28. The van der Waals surface area contributed by atoms with E-state index in [0.29, 0.717) is 39.4 Å². The molecule has 2 atom stereocenters. The minimum Gasteiger partial charge on any atom is -0.490 e. The maximum Gasteiger partial charge on any atom is 0.337 e. The van der Waals surface area contributed by atoms with Crippen molar-refractivity contribution in [2.75, 3.05) is 20.3 Å². The molecular weight excluding hydrogens is 865 g/mol. The molecule has 3 aromatic carbocycles. The van der Waals surface area contributed by atoms with E-state index in [9.17, 15) is 14.7 Å². The number of esters is 1. The second-order valence-corrected chi connectivity index (χ2v) is 12.9. The molecule has 46 heavy (non-hydrogen) atoms. The molecule has 1 aliphatic heterocycles. The summed E-state index contributed by atoms with van der Waals surface area (Å²) in [5.41, 5.74) is 5.51. The first-order valence-corrected chi connectivity index (χ1v) is 16.7. The number of hydrogen-bond acceptors (Lipinski definition) is 9. The maximum absolute atomic E-state index is 12.5. The first kappa shape index (κ1) is 35.9. The zero-order valence-electron chi connectivity index (χ0n) is 24.8. The Hall–Kier alpha value is -2.99. The van der Waals surface area contributed by atoms with E-state index < -0.39 is 24.3 Å². The van der Waals surface area contributed by atoms with Crippen LogP contribution in [-0.4, -0.2) is 49.9 Å². The minimum atomic E-state index is -1.14. The second kappa shape index (κ2) is 16.7. The predicted octanol–water partition coefficient (Wildman–Crippen LogP) is 6.30. The Morgan fingerprint density at radius 2 is 1.83 bits per heavy atom. The number of carbonyl (C=O) groups is 2. The number of halogens is 4. The van der Waals surface area contributed by atoms with Crippen LogP contribution in [0, 0.1) is 7.14 Å². The van der Waals surface area contributed by atoms with Gasteiger partial charge in [-0.05, 0) is 107 Å². The van der Waals surface area contributed by atoms with E-state index in [1.807, 2.05) is 25.1 Å². The zero-order chi connectivity index (χ0) is 33.4. The van der Waals surface area contributed by atoms with Gasteiger partial charge in [0.2, 0.25) is 0 Å². The van der Waals surface area contributed by atoms with Gasteiger partial charge in [0.05, 0.1) is 38.7 Å². The number of allylic oxidation sites excluding steroid dienone is 1. The van der Waals surface area contributed by atoms with E-state index in [4.69, 9.17) is 42.1 Å². The van der Waals surface area contributed by atoms with Crippen LogP contribution in [-0.2, 0) is 16.1 Å². The van der Waals surface area contributed by atoms with Crippen molar-refractivity contribution in [2.24, 2.45) is 5.10 Å². The predicted molar refractivity (Wildman–Crippen MR) is 192 cm³/mol. The third-order valence-corrected chi connectivity index (χ3v) is 8.71. The third-order valence-electron chi connectivity index (χ3n) is 6.52. The average molecular weight is 895 g/mol. The number of carbonyl (C=O) groups excluding carboxylic acids is 2. The topological polar surface area (TPSA) is 140 Å². The number of benzene rings is 3. The monoisotopic (exact) mass is 894 g/mol. The summed E-state index contributed by atoms with van der Waals surface area (Å²) in [6.07, 6.45) is 0.436. The summed E-state index contributed by atoms with van der Waals surface area (Å²) in [7, 11) is 1.27. The van der Waals surface area contributed by atoms with Gasteiger partial charge in [-0.25, -0.2) is 9.59 Å². The molecule has 4 rings (SSSR count). The van der Waals surface area contributed by atoms with Crippen molar-refractivity contribution in [1.82, 2.24) is 16.1 Å². The summed E-state index contributed by atoms with van der Waals surface area (Å²) >= 11 is 16.6. The fourth-order valence-corrected chi connectivity index (χ4v) is 6.99. The molecule has 0 aliphatic carbocycles. The van der Waals surface area contributed by atoms with Crippen molar-refractivity contribution >= 4 is 86.6 Å². The molecule has 0 saturated heterocycles. The molecule has 1 aliphatic rings. The van der Waals surface area contributed by atoms with E-state index in [-0.39, 0.29) is 18.8 Å². The highest BCUT2D eigenvalue weighted by Crippen LogP contribution is 2.35. The Morgan fingerprint density at radius 1 is 1.09 bits per heavy atom. The quantitative estimate of drug-likeness (QED) is 0.0516. The number of ether oxygens (including phenoxy) is 4. The average Bonchev–Trinajstić information content (AvgIpc) is 3.00. The molecule has 3 aromatic rings. The van der Waals surface area contributed by atoms with Gasteiger partial charge in [0.1, 0.15) is 19.0 Å². The number of hydrogen-bond donors (Lipinski definition) is 4. The van der Waals surface area contributed by atoms with Gasteiger partial charge in [-0.2, -0.15) is 5.10 Å². The summed E-state index contributed by atoms with van der Waals surface area (Å²) in [6, 6.07) is 12.9. The van der Waals surface area contributed by atoms with Crippen LogP contribution < -0.4 is 30.3 Å². The van der Waals surface area contributed by atoms with Gasteiger partial charge in [-0.3, -0.25) is 5.43 Å². The Kier molecular flexibility index (Phi) is 13.0. The zero-order valence-corrected chi connectivity index (χ0v) is 30.7. The number of hydrazone groups is 1. The molecule has 0 bridgehead atoms. The van der Waals surface area contributed by atoms with Gasteiger partial charge in [0.15, 0.2) is 17.7 Å². The van der Waals surface area contributed by atoms with Gasteiger partial charge in [-0.15, -0.1) is 0 Å². The van der Waals surface area contributed by atoms with E-state index in [1.165, 1.54) is 7.11 Å². The number of urea groups is 1. The highest BCUT2D eigenvalue weighted by molar-refractivity contribution is 14.1. The molecular formula is C31H30Cl2I2N4O7. The molecule has 0 aromatic heterocycles. The van der Waals surface area contributed by atoms with E-state index in [1.54, 1.807) is 43.5 Å². The summed E-state index contributed by atoms with van der Waals surface area (Å²) in [6.45, 7) is 3.91. The SMILES string of the molecule is CCOc1cc([C@@H]2NC(=O)NC(C)=C2C(=O)OC)ccc1OC[C@H](O)N/N=C\c1cc(I)c(OCc2ccc(Cl)cc2Cl)c(I)c1. The van der Waals surface area contributed by atoms with Crippen LogP contribution in [0.3, 0.4) is 0 Å². The fourth-order valence-electron chi connectivity index (χ4n) is 4.40. The Bertz CT molecular complexity index is 1650. The van der Waals surface area contributed by atoms with Crippen LogP contribution >= 0.6 is 68.4 Å². The molecule has 0 radical (unpaired) electrons. The molecule has 15 heteroatoms.